The third kappa shape index (κ3) is 6.12. The van der Waals surface area contributed by atoms with Crippen molar-refractivity contribution in [2.24, 2.45) is 0 Å². The van der Waals surface area contributed by atoms with Gasteiger partial charge in [-0.1, -0.05) is 61.9 Å². The normalized spacial score (nSPS) is 11.6. The number of carboxylic acid groups (broad SMARTS) is 1. The molecule has 0 aliphatic heterocycles. The number of nitrogens with zero attached hydrogens (tertiary/aromatic N) is 1. The van der Waals surface area contributed by atoms with Crippen molar-refractivity contribution in [1.29, 1.82) is 0 Å². The molecule has 0 amide bonds. The predicted octanol–water partition coefficient (Wildman–Crippen LogP) is 7.69. The Labute approximate surface area is 240 Å². The van der Waals surface area contributed by atoms with Gasteiger partial charge in [0.25, 0.3) is 0 Å². The Morgan fingerprint density at radius 1 is 0.878 bits per heavy atom. The van der Waals surface area contributed by atoms with Crippen LogP contribution in [0.4, 0.5) is 0 Å². The molecule has 0 aliphatic rings. The Bertz CT molecular complexity index is 1700. The van der Waals surface area contributed by atoms with Crippen molar-refractivity contribution in [3.8, 4) is 11.5 Å². The van der Waals surface area contributed by atoms with E-state index in [2.05, 4.69) is 11.5 Å². The zero-order chi connectivity index (χ0) is 29.0. The fourth-order valence-corrected chi connectivity index (χ4v) is 5.09. The molecule has 0 saturated heterocycles. The quantitative estimate of drug-likeness (QED) is 0.128. The van der Waals surface area contributed by atoms with Gasteiger partial charge in [-0.2, -0.15) is 0 Å². The van der Waals surface area contributed by atoms with E-state index < -0.39 is 11.6 Å². The lowest BCUT2D eigenvalue weighted by Gasteiger charge is -2.21. The summed E-state index contributed by atoms with van der Waals surface area (Å²) >= 11 is 0. The van der Waals surface area contributed by atoms with E-state index >= 15 is 0 Å². The lowest BCUT2D eigenvalue weighted by molar-refractivity contribution is -0.152. The van der Waals surface area contributed by atoms with Crippen LogP contribution in [0.15, 0.2) is 91.1 Å². The molecule has 1 heterocycles. The minimum absolute atomic E-state index is 0.0201. The first kappa shape index (κ1) is 28.0. The number of hydrogen-bond acceptors (Lipinski definition) is 4. The molecule has 210 valence electrons. The number of aromatic nitrogens is 1. The van der Waals surface area contributed by atoms with Crippen LogP contribution >= 0.6 is 0 Å². The Hall–Kier alpha value is -4.58. The zero-order valence-corrected chi connectivity index (χ0v) is 23.7. The molecule has 1 N–H and O–H groups in total. The van der Waals surface area contributed by atoms with Gasteiger partial charge >= 0.3 is 5.97 Å². The van der Waals surface area contributed by atoms with Crippen LogP contribution in [0.1, 0.15) is 55.1 Å². The number of carbonyl (C=O) groups excluding carboxylic acids is 1. The van der Waals surface area contributed by atoms with Crippen LogP contribution in [0, 0.1) is 0 Å². The molecule has 0 unspecified atom stereocenters. The van der Waals surface area contributed by atoms with Crippen LogP contribution in [0.3, 0.4) is 0 Å². The van der Waals surface area contributed by atoms with Crippen molar-refractivity contribution >= 4 is 33.4 Å². The molecule has 5 aromatic rings. The summed E-state index contributed by atoms with van der Waals surface area (Å²) in [5.74, 6) is 0.412. The first-order chi connectivity index (χ1) is 19.8. The number of hydrogen-bond donors (Lipinski definition) is 1. The molecular formula is C35H35NO5. The summed E-state index contributed by atoms with van der Waals surface area (Å²) in [6.07, 6.45) is 4.70. The second-order valence-corrected chi connectivity index (χ2v) is 10.8. The number of aliphatic carboxylic acids is 1. The van der Waals surface area contributed by atoms with E-state index in [-0.39, 0.29) is 5.78 Å². The predicted molar refractivity (Wildman–Crippen MR) is 162 cm³/mol. The third-order valence-corrected chi connectivity index (χ3v) is 7.32. The first-order valence-electron chi connectivity index (χ1n) is 14.1. The van der Waals surface area contributed by atoms with Crippen LogP contribution in [0.25, 0.3) is 21.7 Å². The second-order valence-electron chi connectivity index (χ2n) is 10.8. The smallest absolute Gasteiger partial charge is 0.347 e. The van der Waals surface area contributed by atoms with Gasteiger partial charge in [0.1, 0.15) is 11.5 Å². The number of aryl methyl sites for hydroxylation is 2. The summed E-state index contributed by atoms with van der Waals surface area (Å²) in [7, 11) is 0. The lowest BCUT2D eigenvalue weighted by atomic mass is 9.95. The molecule has 5 rings (SSSR count). The van der Waals surface area contributed by atoms with E-state index in [9.17, 15) is 14.7 Å². The minimum Gasteiger partial charge on any atom is -0.493 e. The zero-order valence-electron chi connectivity index (χ0n) is 23.7. The number of benzene rings is 4. The number of ether oxygens (including phenoxy) is 2. The van der Waals surface area contributed by atoms with Crippen molar-refractivity contribution in [3.63, 3.8) is 0 Å². The largest absolute Gasteiger partial charge is 0.493 e. The SMILES string of the molecule is CCCc1c(OCCCn2ccc3ccc(OC(C)(C)C(=O)O)cc32)ccc2cc(C(=O)c3ccccc3)ccc12. The third-order valence-electron chi connectivity index (χ3n) is 7.32. The fourth-order valence-electron chi connectivity index (χ4n) is 5.09. The fraction of sp³-hybridized carbons (Fsp3) is 0.257. The average Bonchev–Trinajstić information content (AvgIpc) is 3.37. The topological polar surface area (TPSA) is 77.8 Å². The summed E-state index contributed by atoms with van der Waals surface area (Å²) in [6.45, 7) is 6.53. The summed E-state index contributed by atoms with van der Waals surface area (Å²) < 4.78 is 14.2. The Morgan fingerprint density at radius 2 is 1.66 bits per heavy atom. The maximum Gasteiger partial charge on any atom is 0.347 e. The maximum absolute atomic E-state index is 13.0. The van der Waals surface area contributed by atoms with E-state index in [4.69, 9.17) is 9.47 Å². The molecule has 0 spiro atoms. The van der Waals surface area contributed by atoms with Crippen molar-refractivity contribution < 1.29 is 24.2 Å². The maximum atomic E-state index is 13.0. The van der Waals surface area contributed by atoms with Crippen LogP contribution < -0.4 is 9.47 Å². The van der Waals surface area contributed by atoms with Crippen molar-refractivity contribution in [2.45, 2.75) is 52.2 Å². The number of carbonyl (C=O) groups is 2. The number of ketones is 1. The monoisotopic (exact) mass is 549 g/mol. The highest BCUT2D eigenvalue weighted by Gasteiger charge is 2.29. The molecule has 6 nitrogen and oxygen atoms in total. The molecule has 0 fully saturated rings. The van der Waals surface area contributed by atoms with Gasteiger partial charge in [0.2, 0.25) is 0 Å². The van der Waals surface area contributed by atoms with Gasteiger partial charge in [0.05, 0.1) is 12.1 Å². The Balaban J connectivity index is 1.28. The van der Waals surface area contributed by atoms with Gasteiger partial charge in [-0.05, 0) is 73.2 Å². The molecule has 0 aliphatic carbocycles. The van der Waals surface area contributed by atoms with Gasteiger partial charge in [-0.3, -0.25) is 4.79 Å². The van der Waals surface area contributed by atoms with Gasteiger partial charge in [-0.25, -0.2) is 4.79 Å². The average molecular weight is 550 g/mol. The summed E-state index contributed by atoms with van der Waals surface area (Å²) in [6, 6.07) is 27.0. The summed E-state index contributed by atoms with van der Waals surface area (Å²) in [5, 5.41) is 12.6. The van der Waals surface area contributed by atoms with Gasteiger partial charge in [0, 0.05) is 35.5 Å². The Morgan fingerprint density at radius 3 is 2.41 bits per heavy atom. The highest BCUT2D eigenvalue weighted by Crippen LogP contribution is 2.31. The van der Waals surface area contributed by atoms with Crippen molar-refractivity contribution in [1.82, 2.24) is 4.57 Å². The highest BCUT2D eigenvalue weighted by molar-refractivity contribution is 6.10. The molecule has 0 bridgehead atoms. The van der Waals surface area contributed by atoms with Crippen LogP contribution in [-0.2, 0) is 17.8 Å². The van der Waals surface area contributed by atoms with Gasteiger partial charge < -0.3 is 19.1 Å². The van der Waals surface area contributed by atoms with E-state index in [0.717, 1.165) is 58.8 Å². The van der Waals surface area contributed by atoms with Crippen molar-refractivity contribution in [2.75, 3.05) is 6.61 Å². The molecular weight excluding hydrogens is 514 g/mol. The molecule has 4 aromatic carbocycles. The Kier molecular flexibility index (Phi) is 8.11. The van der Waals surface area contributed by atoms with Crippen LogP contribution in [0.2, 0.25) is 0 Å². The second kappa shape index (κ2) is 11.9. The lowest BCUT2D eigenvalue weighted by Crippen LogP contribution is -2.37. The first-order valence-corrected chi connectivity index (χ1v) is 14.1. The van der Waals surface area contributed by atoms with Crippen LogP contribution in [-0.4, -0.2) is 33.6 Å². The number of fused-ring (bicyclic) bond motifs is 2. The number of carboxylic acids is 1. The van der Waals surface area contributed by atoms with E-state index in [1.54, 1.807) is 19.9 Å². The molecule has 0 saturated carbocycles. The molecule has 1 aromatic heterocycles. The molecule has 6 heteroatoms. The minimum atomic E-state index is -1.31. The summed E-state index contributed by atoms with van der Waals surface area (Å²) in [5.41, 5.74) is 2.20. The highest BCUT2D eigenvalue weighted by atomic mass is 16.5. The number of rotatable bonds is 12. The van der Waals surface area contributed by atoms with Gasteiger partial charge in [-0.15, -0.1) is 0 Å². The molecule has 0 atom stereocenters. The van der Waals surface area contributed by atoms with Crippen molar-refractivity contribution in [3.05, 3.63) is 108 Å². The van der Waals surface area contributed by atoms with Crippen LogP contribution in [0.5, 0.6) is 11.5 Å². The van der Waals surface area contributed by atoms with E-state index in [1.165, 1.54) is 0 Å². The van der Waals surface area contributed by atoms with Gasteiger partial charge in [0.15, 0.2) is 11.4 Å². The van der Waals surface area contributed by atoms with E-state index in [0.29, 0.717) is 23.5 Å². The standard InChI is InChI=1S/C35H35NO5/c1-4-9-30-29-16-13-27(33(37)25-10-6-5-7-11-25)22-26(29)14-17-32(30)40-21-8-19-36-20-18-24-12-15-28(23-31(24)36)41-35(2,3)34(38)39/h5-7,10-18,20,22-23H,4,8-9,19,21H2,1-3H3,(H,38,39). The van der Waals surface area contributed by atoms with E-state index in [1.807, 2.05) is 85.1 Å². The summed E-state index contributed by atoms with van der Waals surface area (Å²) in [4.78, 5) is 24.4. The molecule has 41 heavy (non-hydrogen) atoms. The molecule has 0 radical (unpaired) electrons.